The Morgan fingerprint density at radius 1 is 1.00 bits per heavy atom. The number of pyridine rings is 1. The molecule has 0 spiro atoms. The maximum atomic E-state index is 14.5. The normalized spacial score (nSPS) is 14.2. The number of carbonyl (C=O) groups is 1. The van der Waals surface area contributed by atoms with Crippen LogP contribution in [0, 0.1) is 12.7 Å². The second-order valence-electron chi connectivity index (χ2n) is 8.20. The lowest BCUT2D eigenvalue weighted by atomic mass is 9.87. The van der Waals surface area contributed by atoms with Crippen LogP contribution in [0.4, 0.5) is 10.2 Å². The van der Waals surface area contributed by atoms with Gasteiger partial charge in [-0.2, -0.15) is 0 Å². The third-order valence-electron chi connectivity index (χ3n) is 6.09. The van der Waals surface area contributed by atoms with Crippen molar-refractivity contribution in [1.82, 2.24) is 4.98 Å². The first-order chi connectivity index (χ1) is 15.5. The maximum absolute atomic E-state index is 14.5. The predicted octanol–water partition coefficient (Wildman–Crippen LogP) is 5.35. The molecular weight excluding hydrogens is 405 g/mol. The Bertz CT molecular complexity index is 1120. The number of ether oxygens (including phenoxy) is 1. The molecule has 0 radical (unpaired) electrons. The van der Waals surface area contributed by atoms with E-state index in [1.54, 1.807) is 24.4 Å². The van der Waals surface area contributed by atoms with Crippen LogP contribution in [0.2, 0.25) is 0 Å². The minimum atomic E-state index is -0.535. The van der Waals surface area contributed by atoms with Crippen LogP contribution >= 0.6 is 0 Å². The third-order valence-corrected chi connectivity index (χ3v) is 6.09. The molecule has 0 saturated carbocycles. The number of primary amides is 1. The first-order valence-corrected chi connectivity index (χ1v) is 11.0. The minimum Gasteiger partial charge on any atom is -0.494 e. The molecule has 6 heteroatoms. The Hall–Kier alpha value is -3.41. The number of nitrogens with two attached hydrogens (primary N) is 1. The monoisotopic (exact) mass is 433 g/mol. The molecule has 0 aliphatic carbocycles. The number of carbonyl (C=O) groups excluding carboxylic acids is 1. The fourth-order valence-electron chi connectivity index (χ4n) is 4.43. The summed E-state index contributed by atoms with van der Waals surface area (Å²) in [6.07, 6.45) is 6.62. The Morgan fingerprint density at radius 3 is 2.31 bits per heavy atom. The van der Waals surface area contributed by atoms with E-state index in [0.29, 0.717) is 16.7 Å². The zero-order chi connectivity index (χ0) is 22.7. The van der Waals surface area contributed by atoms with Gasteiger partial charge in [0.1, 0.15) is 5.82 Å². The smallest absolute Gasteiger partial charge is 0.249 e. The molecule has 1 aliphatic rings. The minimum absolute atomic E-state index is 0.169. The van der Waals surface area contributed by atoms with Gasteiger partial charge >= 0.3 is 0 Å². The number of rotatable bonds is 5. The molecule has 0 bridgehead atoms. The van der Waals surface area contributed by atoms with E-state index in [1.165, 1.54) is 38.9 Å². The van der Waals surface area contributed by atoms with E-state index in [1.807, 2.05) is 25.1 Å². The average molecular weight is 434 g/mol. The molecule has 1 fully saturated rings. The SMILES string of the molecule is COc1ccc(-c2c(C)ccc(C(N)=O)c2-c2ccc(N3CCCCCC3)nc2)cc1F. The van der Waals surface area contributed by atoms with E-state index in [4.69, 9.17) is 15.5 Å². The Kier molecular flexibility index (Phi) is 6.40. The number of methoxy groups -OCH3 is 1. The molecule has 2 N–H and O–H groups in total. The van der Waals surface area contributed by atoms with Crippen molar-refractivity contribution in [2.24, 2.45) is 5.73 Å². The summed E-state index contributed by atoms with van der Waals surface area (Å²) in [4.78, 5) is 19.3. The molecule has 2 heterocycles. The summed E-state index contributed by atoms with van der Waals surface area (Å²) in [6.45, 7) is 3.93. The van der Waals surface area contributed by atoms with Crippen molar-refractivity contribution in [2.45, 2.75) is 32.6 Å². The molecule has 1 saturated heterocycles. The van der Waals surface area contributed by atoms with Crippen molar-refractivity contribution in [3.63, 3.8) is 0 Å². The Balaban J connectivity index is 1.83. The largest absolute Gasteiger partial charge is 0.494 e. The second-order valence-corrected chi connectivity index (χ2v) is 8.20. The summed E-state index contributed by atoms with van der Waals surface area (Å²) in [7, 11) is 1.43. The van der Waals surface area contributed by atoms with E-state index < -0.39 is 11.7 Å². The molecule has 1 aliphatic heterocycles. The molecule has 4 rings (SSSR count). The van der Waals surface area contributed by atoms with Crippen LogP contribution in [0.15, 0.2) is 48.7 Å². The standard InChI is InChI=1S/C26H28FN3O2/c1-17-7-10-20(26(28)31)25(24(17)18-8-11-22(32-2)21(27)15-18)19-9-12-23(29-16-19)30-13-5-3-4-6-14-30/h7-12,15-16H,3-6,13-14H2,1-2H3,(H2,28,31). The number of aromatic nitrogens is 1. The van der Waals surface area contributed by atoms with Crippen molar-refractivity contribution in [3.05, 3.63) is 65.6 Å². The number of amides is 1. The zero-order valence-electron chi connectivity index (χ0n) is 18.5. The van der Waals surface area contributed by atoms with Crippen LogP contribution < -0.4 is 15.4 Å². The fraction of sp³-hybridized carbons (Fsp3) is 0.308. The summed E-state index contributed by atoms with van der Waals surface area (Å²) in [5.74, 6) is 0.102. The molecule has 1 aromatic heterocycles. The summed E-state index contributed by atoms with van der Waals surface area (Å²) >= 11 is 0. The highest BCUT2D eigenvalue weighted by atomic mass is 19.1. The number of aryl methyl sites for hydroxylation is 1. The second kappa shape index (κ2) is 9.39. The van der Waals surface area contributed by atoms with E-state index in [0.717, 1.165) is 35.6 Å². The predicted molar refractivity (Wildman–Crippen MR) is 126 cm³/mol. The summed E-state index contributed by atoms with van der Waals surface area (Å²) < 4.78 is 19.6. The van der Waals surface area contributed by atoms with Gasteiger partial charge in [0.15, 0.2) is 11.6 Å². The first-order valence-electron chi connectivity index (χ1n) is 11.0. The molecular formula is C26H28FN3O2. The summed E-state index contributed by atoms with van der Waals surface area (Å²) in [5, 5.41) is 0. The molecule has 2 aromatic carbocycles. The van der Waals surface area contributed by atoms with E-state index in [2.05, 4.69) is 4.90 Å². The lowest BCUT2D eigenvalue weighted by Crippen LogP contribution is -2.24. The van der Waals surface area contributed by atoms with Crippen LogP contribution in [0.3, 0.4) is 0 Å². The van der Waals surface area contributed by atoms with Gasteiger partial charge in [0.05, 0.1) is 7.11 Å². The zero-order valence-corrected chi connectivity index (χ0v) is 18.5. The number of anilines is 1. The van der Waals surface area contributed by atoms with Gasteiger partial charge in [0.25, 0.3) is 0 Å². The molecule has 1 amide bonds. The Morgan fingerprint density at radius 2 is 1.72 bits per heavy atom. The summed E-state index contributed by atoms with van der Waals surface area (Å²) in [6, 6.07) is 12.3. The van der Waals surface area contributed by atoms with Crippen molar-refractivity contribution in [3.8, 4) is 28.0 Å². The molecule has 5 nitrogen and oxygen atoms in total. The van der Waals surface area contributed by atoms with E-state index >= 15 is 0 Å². The van der Waals surface area contributed by atoms with Gasteiger partial charge in [-0.3, -0.25) is 4.79 Å². The van der Waals surface area contributed by atoms with Crippen LogP contribution in [-0.2, 0) is 0 Å². The lowest BCUT2D eigenvalue weighted by molar-refractivity contribution is 0.100. The van der Waals surface area contributed by atoms with Crippen LogP contribution in [-0.4, -0.2) is 31.1 Å². The first kappa shape index (κ1) is 21.8. The topological polar surface area (TPSA) is 68.5 Å². The molecule has 3 aromatic rings. The summed E-state index contributed by atoms with van der Waals surface area (Å²) in [5.41, 5.74) is 9.86. The molecule has 166 valence electrons. The number of halogens is 1. The van der Waals surface area contributed by atoms with Gasteiger partial charge in [-0.15, -0.1) is 0 Å². The quantitative estimate of drug-likeness (QED) is 0.589. The van der Waals surface area contributed by atoms with Crippen LogP contribution in [0.25, 0.3) is 22.3 Å². The average Bonchev–Trinajstić information content (AvgIpc) is 3.08. The van der Waals surface area contributed by atoms with Crippen molar-refractivity contribution in [1.29, 1.82) is 0 Å². The maximum Gasteiger partial charge on any atom is 0.249 e. The third kappa shape index (κ3) is 4.31. The van der Waals surface area contributed by atoms with Gasteiger partial charge in [-0.05, 0) is 66.8 Å². The molecule has 32 heavy (non-hydrogen) atoms. The van der Waals surface area contributed by atoms with E-state index in [9.17, 15) is 9.18 Å². The fourth-order valence-corrected chi connectivity index (χ4v) is 4.43. The van der Waals surface area contributed by atoms with Crippen molar-refractivity contribution in [2.75, 3.05) is 25.1 Å². The van der Waals surface area contributed by atoms with Gasteiger partial charge < -0.3 is 15.4 Å². The highest BCUT2D eigenvalue weighted by molar-refractivity contribution is 6.04. The van der Waals surface area contributed by atoms with Crippen molar-refractivity contribution >= 4 is 11.7 Å². The molecule has 0 atom stereocenters. The Labute approximate surface area is 188 Å². The van der Waals surface area contributed by atoms with Crippen molar-refractivity contribution < 1.29 is 13.9 Å². The number of benzene rings is 2. The van der Waals surface area contributed by atoms with Gasteiger partial charge in [0.2, 0.25) is 5.91 Å². The lowest BCUT2D eigenvalue weighted by Gasteiger charge is -2.22. The van der Waals surface area contributed by atoms with Crippen LogP contribution in [0.1, 0.15) is 41.6 Å². The number of hydrogen-bond acceptors (Lipinski definition) is 4. The number of nitrogens with zero attached hydrogens (tertiary/aromatic N) is 2. The van der Waals surface area contributed by atoms with Gasteiger partial charge in [0, 0.05) is 36.0 Å². The van der Waals surface area contributed by atoms with Crippen LogP contribution in [0.5, 0.6) is 5.75 Å². The number of hydrogen-bond donors (Lipinski definition) is 1. The molecule has 0 unspecified atom stereocenters. The van der Waals surface area contributed by atoms with Gasteiger partial charge in [-0.25, -0.2) is 9.37 Å². The highest BCUT2D eigenvalue weighted by Gasteiger charge is 2.20. The van der Waals surface area contributed by atoms with Gasteiger partial charge in [-0.1, -0.05) is 25.0 Å². The highest BCUT2D eigenvalue weighted by Crippen LogP contribution is 2.39. The van der Waals surface area contributed by atoms with E-state index in [-0.39, 0.29) is 5.75 Å².